The summed E-state index contributed by atoms with van der Waals surface area (Å²) in [5.41, 5.74) is 1.26. The standard InChI is InChI=1S/C33H40F2N2O4/c1-20(2)37(21(3)4)18-25-14-22(10-13-27(25)28-16-30(40-6)36-17-29(28)34)19-41-26-9-7-8-24(15-26)31(23-11-12-23)33(5,35)32(38)39/h7-10,13-17,20-21,23,31H,11-12,18-19H2,1-6H3,(H,38,39). The van der Waals surface area contributed by atoms with E-state index in [9.17, 15) is 14.3 Å². The van der Waals surface area contributed by atoms with Crippen molar-refractivity contribution in [3.63, 3.8) is 0 Å². The number of rotatable bonds is 13. The summed E-state index contributed by atoms with van der Waals surface area (Å²) in [6.45, 7) is 10.5. The predicted octanol–water partition coefficient (Wildman–Crippen LogP) is 7.40. The van der Waals surface area contributed by atoms with Gasteiger partial charge in [0.25, 0.3) is 0 Å². The fourth-order valence-electron chi connectivity index (χ4n) is 5.58. The zero-order valence-electron chi connectivity index (χ0n) is 24.7. The van der Waals surface area contributed by atoms with Gasteiger partial charge in [-0.15, -0.1) is 0 Å². The van der Waals surface area contributed by atoms with Crippen molar-refractivity contribution in [3.05, 3.63) is 77.2 Å². The molecular weight excluding hydrogens is 526 g/mol. The highest BCUT2D eigenvalue weighted by atomic mass is 19.1. The van der Waals surface area contributed by atoms with Crippen molar-refractivity contribution in [1.29, 1.82) is 0 Å². The molecule has 1 aromatic heterocycles. The number of hydrogen-bond acceptors (Lipinski definition) is 5. The first-order valence-electron chi connectivity index (χ1n) is 14.1. The number of nitrogens with zero attached hydrogens (tertiary/aromatic N) is 2. The van der Waals surface area contributed by atoms with Crippen molar-refractivity contribution in [3.8, 4) is 22.8 Å². The molecular formula is C33H40F2N2O4. The van der Waals surface area contributed by atoms with E-state index in [-0.39, 0.29) is 24.6 Å². The number of pyridine rings is 1. The number of alkyl halides is 1. The third kappa shape index (κ3) is 7.04. The van der Waals surface area contributed by atoms with Gasteiger partial charge < -0.3 is 14.6 Å². The van der Waals surface area contributed by atoms with Gasteiger partial charge in [0, 0.05) is 36.2 Å². The van der Waals surface area contributed by atoms with Gasteiger partial charge in [0.15, 0.2) is 0 Å². The Morgan fingerprint density at radius 2 is 1.80 bits per heavy atom. The van der Waals surface area contributed by atoms with Gasteiger partial charge in [0.1, 0.15) is 18.2 Å². The number of carboxylic acid groups (broad SMARTS) is 1. The number of ether oxygens (including phenoxy) is 2. The van der Waals surface area contributed by atoms with E-state index in [1.54, 1.807) is 30.3 Å². The summed E-state index contributed by atoms with van der Waals surface area (Å²) in [7, 11) is 1.50. The fourth-order valence-corrected chi connectivity index (χ4v) is 5.58. The Morgan fingerprint density at radius 3 is 2.41 bits per heavy atom. The maximum absolute atomic E-state index is 15.3. The first-order valence-corrected chi connectivity index (χ1v) is 14.1. The molecule has 0 saturated heterocycles. The van der Waals surface area contributed by atoms with Gasteiger partial charge in [-0.25, -0.2) is 18.6 Å². The highest BCUT2D eigenvalue weighted by molar-refractivity contribution is 5.78. The van der Waals surface area contributed by atoms with Crippen LogP contribution in [0.3, 0.4) is 0 Å². The van der Waals surface area contributed by atoms with Gasteiger partial charge in [-0.05, 0) is 87.8 Å². The van der Waals surface area contributed by atoms with Crippen LogP contribution in [0.5, 0.6) is 11.6 Å². The van der Waals surface area contributed by atoms with Crippen molar-refractivity contribution in [2.75, 3.05) is 7.11 Å². The number of aromatic nitrogens is 1. The Kier molecular flexibility index (Phi) is 9.32. The Bertz CT molecular complexity index is 1360. The molecule has 3 aromatic rings. The average Bonchev–Trinajstić information content (AvgIpc) is 3.76. The van der Waals surface area contributed by atoms with Crippen LogP contribution in [0, 0.1) is 11.7 Å². The number of carboxylic acids is 1. The first-order chi connectivity index (χ1) is 19.4. The molecule has 0 radical (unpaired) electrons. The number of carbonyl (C=O) groups is 1. The van der Waals surface area contributed by atoms with Crippen molar-refractivity contribution >= 4 is 5.97 Å². The van der Waals surface area contributed by atoms with Crippen molar-refractivity contribution in [2.24, 2.45) is 5.92 Å². The van der Waals surface area contributed by atoms with Gasteiger partial charge in [0.05, 0.1) is 13.3 Å². The smallest absolute Gasteiger partial charge is 0.341 e. The Morgan fingerprint density at radius 1 is 1.10 bits per heavy atom. The molecule has 2 atom stereocenters. The summed E-state index contributed by atoms with van der Waals surface area (Å²) in [6.07, 6.45) is 2.79. The molecule has 8 heteroatoms. The van der Waals surface area contributed by atoms with E-state index in [0.717, 1.165) is 36.5 Å². The summed E-state index contributed by atoms with van der Waals surface area (Å²) in [5.74, 6) is -1.74. The van der Waals surface area contributed by atoms with E-state index >= 15 is 4.39 Å². The van der Waals surface area contributed by atoms with E-state index in [4.69, 9.17) is 9.47 Å². The van der Waals surface area contributed by atoms with E-state index < -0.39 is 23.4 Å². The van der Waals surface area contributed by atoms with Crippen molar-refractivity contribution < 1.29 is 28.2 Å². The fraction of sp³-hybridized carbons (Fsp3) is 0.455. The molecule has 0 bridgehead atoms. The molecule has 1 aliphatic carbocycles. The zero-order valence-corrected chi connectivity index (χ0v) is 24.7. The summed E-state index contributed by atoms with van der Waals surface area (Å²) in [6, 6.07) is 15.1. The number of hydrogen-bond donors (Lipinski definition) is 1. The van der Waals surface area contributed by atoms with E-state index in [1.807, 2.05) is 18.2 Å². The molecule has 41 heavy (non-hydrogen) atoms. The van der Waals surface area contributed by atoms with Crippen LogP contribution in [-0.4, -0.2) is 45.8 Å². The van der Waals surface area contributed by atoms with Crippen LogP contribution in [0.4, 0.5) is 8.78 Å². The molecule has 220 valence electrons. The van der Waals surface area contributed by atoms with E-state index in [1.165, 1.54) is 13.3 Å². The predicted molar refractivity (Wildman–Crippen MR) is 155 cm³/mol. The second-order valence-corrected chi connectivity index (χ2v) is 11.6. The SMILES string of the molecule is COc1cc(-c2ccc(COc3cccc(C(C4CC4)C(C)(F)C(=O)O)c3)cc2CN(C(C)C)C(C)C)c(F)cn1. The Hall–Kier alpha value is -3.52. The molecule has 6 nitrogen and oxygen atoms in total. The van der Waals surface area contributed by atoms with Gasteiger partial charge in [-0.2, -0.15) is 0 Å². The van der Waals surface area contributed by atoms with Gasteiger partial charge in [-0.3, -0.25) is 4.90 Å². The second kappa shape index (κ2) is 12.6. The molecule has 2 aromatic carbocycles. The molecule has 1 saturated carbocycles. The molecule has 0 aliphatic heterocycles. The molecule has 1 fully saturated rings. The molecule has 4 rings (SSSR count). The minimum Gasteiger partial charge on any atom is -0.489 e. The first kappa shape index (κ1) is 30.4. The summed E-state index contributed by atoms with van der Waals surface area (Å²) < 4.78 is 41.6. The van der Waals surface area contributed by atoms with Crippen LogP contribution in [0.1, 0.15) is 70.1 Å². The van der Waals surface area contributed by atoms with Gasteiger partial charge in [-0.1, -0.05) is 30.3 Å². The maximum Gasteiger partial charge on any atom is 0.341 e. The summed E-state index contributed by atoms with van der Waals surface area (Å²) in [5, 5.41) is 9.54. The number of methoxy groups -OCH3 is 1. The highest BCUT2D eigenvalue weighted by Gasteiger charge is 2.50. The minimum atomic E-state index is -2.37. The van der Waals surface area contributed by atoms with E-state index in [0.29, 0.717) is 29.3 Å². The lowest BCUT2D eigenvalue weighted by Gasteiger charge is -2.31. The quantitative estimate of drug-likeness (QED) is 0.232. The van der Waals surface area contributed by atoms with Gasteiger partial charge in [0.2, 0.25) is 11.5 Å². The monoisotopic (exact) mass is 566 g/mol. The largest absolute Gasteiger partial charge is 0.489 e. The molecule has 1 N–H and O–H groups in total. The van der Waals surface area contributed by atoms with Crippen LogP contribution in [0.25, 0.3) is 11.1 Å². The summed E-state index contributed by atoms with van der Waals surface area (Å²) in [4.78, 5) is 18.0. The van der Waals surface area contributed by atoms with Crippen LogP contribution >= 0.6 is 0 Å². The van der Waals surface area contributed by atoms with Crippen LogP contribution in [-0.2, 0) is 17.9 Å². The molecule has 1 aliphatic rings. The number of aliphatic carboxylic acids is 1. The number of halogens is 2. The maximum atomic E-state index is 15.3. The molecule has 0 amide bonds. The van der Waals surface area contributed by atoms with Crippen LogP contribution in [0.15, 0.2) is 54.7 Å². The lowest BCUT2D eigenvalue weighted by atomic mass is 9.81. The lowest BCUT2D eigenvalue weighted by Crippen LogP contribution is -2.38. The zero-order chi connectivity index (χ0) is 29.9. The van der Waals surface area contributed by atoms with Crippen molar-refractivity contribution in [1.82, 2.24) is 9.88 Å². The Balaban J connectivity index is 1.63. The van der Waals surface area contributed by atoms with E-state index in [2.05, 4.69) is 37.6 Å². The minimum absolute atomic E-state index is 0.00326. The number of benzene rings is 2. The van der Waals surface area contributed by atoms with Crippen molar-refractivity contribution in [2.45, 2.75) is 84.3 Å². The van der Waals surface area contributed by atoms with Crippen LogP contribution < -0.4 is 9.47 Å². The third-order valence-corrected chi connectivity index (χ3v) is 7.90. The molecule has 2 unspecified atom stereocenters. The highest BCUT2D eigenvalue weighted by Crippen LogP contribution is 2.50. The molecule has 0 spiro atoms. The Labute approximate surface area is 241 Å². The van der Waals surface area contributed by atoms with Crippen LogP contribution in [0.2, 0.25) is 0 Å². The lowest BCUT2D eigenvalue weighted by molar-refractivity contribution is -0.151. The molecule has 1 heterocycles. The second-order valence-electron chi connectivity index (χ2n) is 11.6. The summed E-state index contributed by atoms with van der Waals surface area (Å²) >= 11 is 0. The van der Waals surface area contributed by atoms with Gasteiger partial charge >= 0.3 is 5.97 Å². The topological polar surface area (TPSA) is 71.9 Å². The normalized spacial score (nSPS) is 15.7. The average molecular weight is 567 g/mol. The third-order valence-electron chi connectivity index (χ3n) is 7.90.